The molecule has 0 bridgehead atoms. The zero-order valence-electron chi connectivity index (χ0n) is 8.79. The van der Waals surface area contributed by atoms with Gasteiger partial charge in [-0.15, -0.1) is 0 Å². The first kappa shape index (κ1) is 10.9. The molecule has 1 aliphatic carbocycles. The number of halogens is 1. The summed E-state index contributed by atoms with van der Waals surface area (Å²) in [5, 5.41) is 0. The van der Waals surface area contributed by atoms with Crippen molar-refractivity contribution in [1.82, 2.24) is 4.98 Å². The lowest BCUT2D eigenvalue weighted by molar-refractivity contribution is 0.203. The molecule has 0 aromatic carbocycles. The molecular weight excluding hydrogens is 254 g/mol. The molecule has 2 rings (SSSR count). The van der Waals surface area contributed by atoms with Crippen molar-refractivity contribution < 1.29 is 4.74 Å². The van der Waals surface area contributed by atoms with Gasteiger partial charge in [-0.25, -0.2) is 4.98 Å². The average molecular weight is 270 g/mol. The summed E-state index contributed by atoms with van der Waals surface area (Å²) < 4.78 is 6.66. The minimum atomic E-state index is 0.740. The molecule has 1 fully saturated rings. The van der Waals surface area contributed by atoms with Crippen LogP contribution >= 0.6 is 15.9 Å². The Kier molecular flexibility index (Phi) is 4.01. The Morgan fingerprint density at radius 2 is 2.07 bits per heavy atom. The molecule has 0 amide bonds. The third-order valence-electron chi connectivity index (χ3n) is 2.89. The van der Waals surface area contributed by atoms with Crippen molar-refractivity contribution in [1.29, 1.82) is 0 Å². The maximum atomic E-state index is 5.67. The van der Waals surface area contributed by atoms with Crippen molar-refractivity contribution in [2.45, 2.75) is 32.1 Å². The molecule has 82 valence electrons. The Bertz CT molecular complexity index is 293. The minimum Gasteiger partial charge on any atom is -0.477 e. The SMILES string of the molecule is Brc1ccc(OCC2CCCCC2)nc1. The minimum absolute atomic E-state index is 0.740. The summed E-state index contributed by atoms with van der Waals surface area (Å²) in [4.78, 5) is 4.19. The standard InChI is InChI=1S/C12H16BrNO/c13-11-6-7-12(14-8-11)15-9-10-4-2-1-3-5-10/h6-8,10H,1-5,9H2. The van der Waals surface area contributed by atoms with Gasteiger partial charge < -0.3 is 4.74 Å². The van der Waals surface area contributed by atoms with E-state index in [9.17, 15) is 0 Å². The summed E-state index contributed by atoms with van der Waals surface area (Å²) in [5.41, 5.74) is 0. The summed E-state index contributed by atoms with van der Waals surface area (Å²) in [6.07, 6.45) is 8.53. The fourth-order valence-corrected chi connectivity index (χ4v) is 2.24. The Balaban J connectivity index is 1.79. The molecule has 1 aromatic heterocycles. The van der Waals surface area contributed by atoms with Gasteiger partial charge in [0.05, 0.1) is 6.61 Å². The van der Waals surface area contributed by atoms with Gasteiger partial charge in [0.1, 0.15) is 0 Å². The Hall–Kier alpha value is -0.570. The van der Waals surface area contributed by atoms with Crippen LogP contribution in [0.1, 0.15) is 32.1 Å². The van der Waals surface area contributed by atoms with E-state index in [4.69, 9.17) is 4.74 Å². The second kappa shape index (κ2) is 5.50. The van der Waals surface area contributed by atoms with E-state index in [0.717, 1.165) is 22.9 Å². The van der Waals surface area contributed by atoms with E-state index in [2.05, 4.69) is 20.9 Å². The largest absolute Gasteiger partial charge is 0.477 e. The van der Waals surface area contributed by atoms with Gasteiger partial charge in [0.2, 0.25) is 5.88 Å². The maximum Gasteiger partial charge on any atom is 0.213 e. The highest BCUT2D eigenvalue weighted by Gasteiger charge is 2.13. The van der Waals surface area contributed by atoms with E-state index in [1.807, 2.05) is 12.1 Å². The molecule has 0 atom stereocenters. The molecule has 0 spiro atoms. The lowest BCUT2D eigenvalue weighted by Gasteiger charge is -2.21. The zero-order valence-corrected chi connectivity index (χ0v) is 10.4. The molecule has 2 nitrogen and oxygen atoms in total. The zero-order chi connectivity index (χ0) is 10.5. The predicted octanol–water partition coefficient (Wildman–Crippen LogP) is 3.80. The quantitative estimate of drug-likeness (QED) is 0.833. The van der Waals surface area contributed by atoms with E-state index in [1.54, 1.807) is 6.20 Å². The third-order valence-corrected chi connectivity index (χ3v) is 3.36. The van der Waals surface area contributed by atoms with Gasteiger partial charge in [-0.2, -0.15) is 0 Å². The normalized spacial score (nSPS) is 17.7. The molecule has 0 aliphatic heterocycles. The van der Waals surface area contributed by atoms with Crippen LogP contribution in [0.2, 0.25) is 0 Å². The number of pyridine rings is 1. The fraction of sp³-hybridized carbons (Fsp3) is 0.583. The van der Waals surface area contributed by atoms with Gasteiger partial charge in [0.25, 0.3) is 0 Å². The lowest BCUT2D eigenvalue weighted by Crippen LogP contribution is -2.15. The van der Waals surface area contributed by atoms with Gasteiger partial charge in [-0.1, -0.05) is 19.3 Å². The average Bonchev–Trinajstić information content (AvgIpc) is 2.30. The van der Waals surface area contributed by atoms with Crippen LogP contribution < -0.4 is 4.74 Å². The molecule has 0 unspecified atom stereocenters. The van der Waals surface area contributed by atoms with Gasteiger partial charge in [0, 0.05) is 16.7 Å². The van der Waals surface area contributed by atoms with Crippen LogP contribution in [0.15, 0.2) is 22.8 Å². The van der Waals surface area contributed by atoms with Gasteiger partial charge in [-0.05, 0) is 40.8 Å². The molecule has 1 aliphatic rings. The van der Waals surface area contributed by atoms with Crippen LogP contribution in [0.5, 0.6) is 5.88 Å². The van der Waals surface area contributed by atoms with Crippen molar-refractivity contribution >= 4 is 15.9 Å². The number of aromatic nitrogens is 1. The van der Waals surface area contributed by atoms with Gasteiger partial charge in [-0.3, -0.25) is 0 Å². The Morgan fingerprint density at radius 3 is 2.73 bits per heavy atom. The van der Waals surface area contributed by atoms with Crippen LogP contribution in [0, 0.1) is 5.92 Å². The van der Waals surface area contributed by atoms with Crippen LogP contribution in [0.25, 0.3) is 0 Å². The van der Waals surface area contributed by atoms with Crippen LogP contribution in [0.4, 0.5) is 0 Å². The highest BCUT2D eigenvalue weighted by Crippen LogP contribution is 2.24. The second-order valence-corrected chi connectivity index (χ2v) is 5.05. The molecule has 1 heterocycles. The number of ether oxygens (including phenoxy) is 1. The summed E-state index contributed by atoms with van der Waals surface area (Å²) in [5.74, 6) is 1.48. The molecule has 15 heavy (non-hydrogen) atoms. The topological polar surface area (TPSA) is 22.1 Å². The molecule has 0 saturated heterocycles. The van der Waals surface area contributed by atoms with Crippen molar-refractivity contribution in [2.24, 2.45) is 5.92 Å². The number of nitrogens with zero attached hydrogens (tertiary/aromatic N) is 1. The van der Waals surface area contributed by atoms with E-state index < -0.39 is 0 Å². The van der Waals surface area contributed by atoms with E-state index in [0.29, 0.717) is 0 Å². The van der Waals surface area contributed by atoms with Crippen molar-refractivity contribution in [3.05, 3.63) is 22.8 Å². The summed E-state index contributed by atoms with van der Waals surface area (Å²) in [7, 11) is 0. The highest BCUT2D eigenvalue weighted by atomic mass is 79.9. The Morgan fingerprint density at radius 1 is 1.27 bits per heavy atom. The molecule has 3 heteroatoms. The molecule has 1 saturated carbocycles. The number of rotatable bonds is 3. The molecule has 0 N–H and O–H groups in total. The fourth-order valence-electron chi connectivity index (χ4n) is 2.00. The monoisotopic (exact) mass is 269 g/mol. The Labute approximate surface area is 99.2 Å². The van der Waals surface area contributed by atoms with Gasteiger partial charge in [0.15, 0.2) is 0 Å². The van der Waals surface area contributed by atoms with E-state index in [-0.39, 0.29) is 0 Å². The summed E-state index contributed by atoms with van der Waals surface area (Å²) in [6, 6.07) is 3.87. The molecular formula is C12H16BrNO. The van der Waals surface area contributed by atoms with Crippen LogP contribution in [-0.2, 0) is 0 Å². The predicted molar refractivity (Wildman–Crippen MR) is 64.0 cm³/mol. The van der Waals surface area contributed by atoms with Crippen LogP contribution in [0.3, 0.4) is 0 Å². The van der Waals surface area contributed by atoms with Crippen molar-refractivity contribution in [2.75, 3.05) is 6.61 Å². The van der Waals surface area contributed by atoms with Crippen molar-refractivity contribution in [3.8, 4) is 5.88 Å². The lowest BCUT2D eigenvalue weighted by atomic mass is 9.90. The molecule has 0 radical (unpaired) electrons. The second-order valence-electron chi connectivity index (χ2n) is 4.13. The smallest absolute Gasteiger partial charge is 0.213 e. The van der Waals surface area contributed by atoms with E-state index >= 15 is 0 Å². The van der Waals surface area contributed by atoms with Gasteiger partial charge >= 0.3 is 0 Å². The number of hydrogen-bond acceptors (Lipinski definition) is 2. The first-order valence-corrected chi connectivity index (χ1v) is 6.38. The summed E-state index contributed by atoms with van der Waals surface area (Å²) in [6.45, 7) is 0.828. The highest BCUT2D eigenvalue weighted by molar-refractivity contribution is 9.10. The van der Waals surface area contributed by atoms with Crippen LogP contribution in [-0.4, -0.2) is 11.6 Å². The van der Waals surface area contributed by atoms with E-state index in [1.165, 1.54) is 32.1 Å². The first-order chi connectivity index (χ1) is 7.34. The van der Waals surface area contributed by atoms with Crippen molar-refractivity contribution in [3.63, 3.8) is 0 Å². The summed E-state index contributed by atoms with van der Waals surface area (Å²) >= 11 is 3.36. The maximum absolute atomic E-state index is 5.67. The number of hydrogen-bond donors (Lipinski definition) is 0. The third kappa shape index (κ3) is 3.49. The molecule has 1 aromatic rings. The first-order valence-electron chi connectivity index (χ1n) is 5.59.